The van der Waals surface area contributed by atoms with E-state index in [1.807, 2.05) is 80.9 Å². The highest BCUT2D eigenvalue weighted by Gasteiger charge is 2.22. The molecule has 1 unspecified atom stereocenters. The van der Waals surface area contributed by atoms with Crippen LogP contribution in [0.1, 0.15) is 69.2 Å². The molecule has 0 bridgehead atoms. The molecule has 0 amide bonds. The van der Waals surface area contributed by atoms with E-state index in [0.29, 0.717) is 35.9 Å². The molecular formula is C39H44N10O2S2. The Hall–Kier alpha value is -5.08. The van der Waals surface area contributed by atoms with Gasteiger partial charge in [-0.1, -0.05) is 12.2 Å². The number of hydrogen-bond donors (Lipinski definition) is 1. The van der Waals surface area contributed by atoms with Crippen molar-refractivity contribution in [2.24, 2.45) is 7.05 Å². The lowest BCUT2D eigenvalue weighted by molar-refractivity contribution is 0.328. The number of pyridine rings is 4. The molecular weight excluding hydrogens is 705 g/mol. The van der Waals surface area contributed by atoms with E-state index in [1.54, 1.807) is 18.0 Å². The van der Waals surface area contributed by atoms with Crippen LogP contribution in [0.15, 0.2) is 60.0 Å². The lowest BCUT2D eigenvalue weighted by Crippen LogP contribution is -2.11. The monoisotopic (exact) mass is 748 g/mol. The predicted octanol–water partition coefficient (Wildman–Crippen LogP) is 8.79. The second kappa shape index (κ2) is 15.1. The molecule has 7 rings (SSSR count). The Morgan fingerprint density at radius 2 is 1.64 bits per heavy atom. The fourth-order valence-electron chi connectivity index (χ4n) is 6.66. The first-order valence-corrected chi connectivity index (χ1v) is 19.3. The van der Waals surface area contributed by atoms with Crippen molar-refractivity contribution in [1.29, 1.82) is 0 Å². The zero-order valence-corrected chi connectivity index (χ0v) is 33.0. The van der Waals surface area contributed by atoms with Gasteiger partial charge in [0, 0.05) is 47.9 Å². The van der Waals surface area contributed by atoms with Crippen LogP contribution in [0.5, 0.6) is 11.8 Å². The van der Waals surface area contributed by atoms with E-state index in [9.17, 15) is 0 Å². The first-order valence-electron chi connectivity index (χ1n) is 17.9. The van der Waals surface area contributed by atoms with Gasteiger partial charge in [0.1, 0.15) is 16.6 Å². The van der Waals surface area contributed by atoms with Gasteiger partial charge in [-0.3, -0.25) is 14.0 Å². The number of aromatic nitrogens is 10. The summed E-state index contributed by atoms with van der Waals surface area (Å²) in [7, 11) is 1.94. The summed E-state index contributed by atoms with van der Waals surface area (Å²) in [6.45, 7) is 15.4. The molecule has 0 aliphatic carbocycles. The molecule has 53 heavy (non-hydrogen) atoms. The fourth-order valence-corrected chi connectivity index (χ4v) is 7.97. The molecule has 0 aliphatic rings. The summed E-state index contributed by atoms with van der Waals surface area (Å²) in [6.07, 6.45) is 8.23. The van der Waals surface area contributed by atoms with E-state index in [0.717, 1.165) is 77.7 Å². The Balaban J connectivity index is 1.26. The summed E-state index contributed by atoms with van der Waals surface area (Å²) in [4.78, 5) is 19.1. The maximum absolute atomic E-state index is 6.10. The molecule has 0 fully saturated rings. The fraction of sp³-hybridized carbons (Fsp3) is 0.359. The number of fused-ring (bicyclic) bond motifs is 2. The highest BCUT2D eigenvalue weighted by Crippen LogP contribution is 2.38. The maximum Gasteiger partial charge on any atom is 0.222 e. The molecule has 0 saturated heterocycles. The number of aromatic amines is 1. The van der Waals surface area contributed by atoms with Crippen LogP contribution in [0, 0.1) is 18.4 Å². The third kappa shape index (κ3) is 7.17. The average molecular weight is 749 g/mol. The number of rotatable bonds is 13. The Kier molecular flexibility index (Phi) is 10.3. The summed E-state index contributed by atoms with van der Waals surface area (Å²) in [5, 5.41) is 14.3. The van der Waals surface area contributed by atoms with E-state index in [1.165, 1.54) is 0 Å². The zero-order chi connectivity index (χ0) is 37.4. The smallest absolute Gasteiger partial charge is 0.222 e. The van der Waals surface area contributed by atoms with Crippen LogP contribution < -0.4 is 9.47 Å². The van der Waals surface area contributed by atoms with Crippen LogP contribution in [-0.4, -0.2) is 62.5 Å². The molecule has 7 aromatic heterocycles. The summed E-state index contributed by atoms with van der Waals surface area (Å²) in [5.74, 6) is 1.87. The second-order valence-electron chi connectivity index (χ2n) is 13.4. The first-order chi connectivity index (χ1) is 25.6. The third-order valence-corrected chi connectivity index (χ3v) is 10.4. The molecule has 12 nitrogen and oxygen atoms in total. The van der Waals surface area contributed by atoms with Crippen LogP contribution in [0.4, 0.5) is 0 Å². The van der Waals surface area contributed by atoms with E-state index in [-0.39, 0.29) is 12.1 Å². The Morgan fingerprint density at radius 3 is 2.36 bits per heavy atom. The van der Waals surface area contributed by atoms with Gasteiger partial charge in [-0.2, -0.15) is 15.3 Å². The van der Waals surface area contributed by atoms with Crippen molar-refractivity contribution >= 4 is 46.0 Å². The Bertz CT molecular complexity index is 2500. The van der Waals surface area contributed by atoms with Gasteiger partial charge < -0.3 is 14.5 Å². The highest BCUT2D eigenvalue weighted by molar-refractivity contribution is 7.98. The largest absolute Gasteiger partial charge is 0.477 e. The molecule has 0 aliphatic heterocycles. The minimum atomic E-state index is -0.0373. The molecule has 0 spiro atoms. The molecule has 1 atom stereocenters. The first kappa shape index (κ1) is 36.3. The van der Waals surface area contributed by atoms with Crippen molar-refractivity contribution in [1.82, 2.24) is 49.3 Å². The van der Waals surface area contributed by atoms with Crippen molar-refractivity contribution < 1.29 is 9.47 Å². The van der Waals surface area contributed by atoms with E-state index in [4.69, 9.17) is 41.9 Å². The minimum absolute atomic E-state index is 0.0373. The van der Waals surface area contributed by atoms with Crippen molar-refractivity contribution in [3.05, 3.63) is 82.1 Å². The maximum atomic E-state index is 6.10. The molecule has 0 radical (unpaired) electrons. The Morgan fingerprint density at radius 1 is 0.887 bits per heavy atom. The zero-order valence-electron chi connectivity index (χ0n) is 31.3. The average Bonchev–Trinajstić information content (AvgIpc) is 3.83. The van der Waals surface area contributed by atoms with Crippen molar-refractivity contribution in [3.63, 3.8) is 0 Å². The third-order valence-electron chi connectivity index (χ3n) is 9.04. The number of ether oxygens (including phenoxy) is 2. The molecule has 0 aromatic carbocycles. The van der Waals surface area contributed by atoms with Crippen molar-refractivity contribution in [2.75, 3.05) is 13.2 Å². The molecule has 274 valence electrons. The number of nitrogens with one attached hydrogen (secondary N) is 1. The lowest BCUT2D eigenvalue weighted by atomic mass is 10.0. The number of aryl methyl sites for hydroxylation is 3. The summed E-state index contributed by atoms with van der Waals surface area (Å²) in [5.41, 5.74) is 10.9. The number of thioether (sulfide) groups is 1. The minimum Gasteiger partial charge on any atom is -0.477 e. The summed E-state index contributed by atoms with van der Waals surface area (Å²) in [6, 6.07) is 10.3. The SMILES string of the molecule is CCOc1ncc(CC(C)n2nc(C)c3[nH]c(-c4cccnc4OCC)cc(=S)c32)cc1-c1cc(SCc2cnn(C)c2)c2c(n1)c(C)nn2C(C)C. The van der Waals surface area contributed by atoms with Gasteiger partial charge in [0.25, 0.3) is 0 Å². The van der Waals surface area contributed by atoms with Gasteiger partial charge in [-0.05, 0) is 90.8 Å². The number of H-pyrrole nitrogens is 1. The van der Waals surface area contributed by atoms with Crippen LogP contribution in [-0.2, 0) is 19.2 Å². The van der Waals surface area contributed by atoms with Crippen LogP contribution in [0.3, 0.4) is 0 Å². The molecule has 7 heterocycles. The standard InChI is InChI=1S/C39H44N10O2S2/c1-9-50-38-28(12-11-13-40-38)30-16-32(52)36-34(43-30)24(6)46-49(36)23(5)14-26-15-29(39(41-18-26)51-10-2)31-17-33(53-21-27-19-42-47(8)20-27)37-35(44-31)25(7)45-48(37)22(3)4/h11-13,15-20,22-23H,9-10,14,21H2,1-8H3,(H,43,52). The van der Waals surface area contributed by atoms with Gasteiger partial charge in [-0.15, -0.1) is 11.8 Å². The second-order valence-corrected chi connectivity index (χ2v) is 14.9. The van der Waals surface area contributed by atoms with Crippen LogP contribution in [0.25, 0.3) is 44.6 Å². The van der Waals surface area contributed by atoms with Crippen LogP contribution >= 0.6 is 24.0 Å². The van der Waals surface area contributed by atoms with Gasteiger partial charge in [0.15, 0.2) is 0 Å². The quantitative estimate of drug-likeness (QED) is 0.0903. The van der Waals surface area contributed by atoms with E-state index >= 15 is 0 Å². The van der Waals surface area contributed by atoms with Gasteiger partial charge in [0.05, 0.1) is 69.4 Å². The Labute approximate surface area is 318 Å². The molecule has 14 heteroatoms. The van der Waals surface area contributed by atoms with E-state index in [2.05, 4.69) is 52.7 Å². The normalized spacial score (nSPS) is 12.3. The highest BCUT2D eigenvalue weighted by atomic mass is 32.2. The van der Waals surface area contributed by atoms with Gasteiger partial charge >= 0.3 is 0 Å². The molecule has 1 N–H and O–H groups in total. The number of hydrogen-bond acceptors (Lipinski definition) is 10. The topological polar surface area (TPSA) is 126 Å². The van der Waals surface area contributed by atoms with Gasteiger partial charge in [-0.25, -0.2) is 15.0 Å². The van der Waals surface area contributed by atoms with Gasteiger partial charge in [0.2, 0.25) is 11.8 Å². The summed E-state index contributed by atoms with van der Waals surface area (Å²) < 4.78 is 18.5. The van der Waals surface area contributed by atoms with Crippen LogP contribution in [0.2, 0.25) is 0 Å². The predicted molar refractivity (Wildman–Crippen MR) is 212 cm³/mol. The molecule has 0 saturated carbocycles. The van der Waals surface area contributed by atoms with E-state index < -0.39 is 0 Å². The lowest BCUT2D eigenvalue weighted by Gasteiger charge is -2.17. The van der Waals surface area contributed by atoms with Crippen molar-refractivity contribution in [2.45, 2.75) is 77.6 Å². The number of nitrogens with zero attached hydrogens (tertiary/aromatic N) is 9. The molecule has 7 aromatic rings. The van der Waals surface area contributed by atoms with Crippen molar-refractivity contribution in [3.8, 4) is 34.3 Å². The summed E-state index contributed by atoms with van der Waals surface area (Å²) >= 11 is 7.76.